The molecule has 0 aliphatic carbocycles. The van der Waals surface area contributed by atoms with Gasteiger partial charge in [-0.15, -0.1) is 0 Å². The lowest BCUT2D eigenvalue weighted by Gasteiger charge is -2.25. The van der Waals surface area contributed by atoms with E-state index >= 15 is 0 Å². The summed E-state index contributed by atoms with van der Waals surface area (Å²) in [5.74, 6) is 0.496. The number of benzene rings is 1. The molecule has 1 amide bonds. The second-order valence-electron chi connectivity index (χ2n) is 4.61. The molecule has 1 fully saturated rings. The molecule has 1 aromatic rings. The molecule has 3 nitrogen and oxygen atoms in total. The highest BCUT2D eigenvalue weighted by atomic mass is 16.3. The normalized spacial score (nSPS) is 17.6. The smallest absolute Gasteiger partial charge is 0.222 e. The van der Waals surface area contributed by atoms with Crippen LogP contribution in [0.25, 0.3) is 0 Å². The molecule has 0 atom stereocenters. The summed E-state index contributed by atoms with van der Waals surface area (Å²) in [5, 5.41) is 9.72. The molecule has 92 valence electrons. The Balaban J connectivity index is 2.05. The van der Waals surface area contributed by atoms with E-state index in [9.17, 15) is 9.90 Å². The molecular weight excluding hydrogens is 214 g/mol. The van der Waals surface area contributed by atoms with Crippen molar-refractivity contribution >= 4 is 5.91 Å². The van der Waals surface area contributed by atoms with Gasteiger partial charge in [0.05, 0.1) is 0 Å². The number of hydrogen-bond donors (Lipinski definition) is 1. The van der Waals surface area contributed by atoms with E-state index in [1.54, 1.807) is 12.1 Å². The third-order valence-electron chi connectivity index (χ3n) is 3.27. The molecule has 1 N–H and O–H groups in total. The highest BCUT2D eigenvalue weighted by Gasteiger charge is 2.16. The largest absolute Gasteiger partial charge is 0.508 e. The zero-order chi connectivity index (χ0) is 12.1. The van der Waals surface area contributed by atoms with E-state index in [0.717, 1.165) is 31.4 Å². The number of nitrogens with zero attached hydrogens (tertiary/aromatic N) is 1. The van der Waals surface area contributed by atoms with Crippen molar-refractivity contribution < 1.29 is 9.90 Å². The van der Waals surface area contributed by atoms with Gasteiger partial charge in [-0.25, -0.2) is 0 Å². The highest BCUT2D eigenvalue weighted by molar-refractivity contribution is 5.76. The molecule has 0 radical (unpaired) electrons. The lowest BCUT2D eigenvalue weighted by molar-refractivity contribution is -0.132. The third-order valence-corrected chi connectivity index (χ3v) is 3.27. The van der Waals surface area contributed by atoms with E-state index in [1.807, 2.05) is 17.0 Å². The SMILES string of the molecule is O=C1CCCCCCN1Cc1ccccc1O. The highest BCUT2D eigenvalue weighted by Crippen LogP contribution is 2.20. The van der Waals surface area contributed by atoms with Crippen LogP contribution in [0.3, 0.4) is 0 Å². The van der Waals surface area contributed by atoms with Crippen LogP contribution in [-0.2, 0) is 11.3 Å². The number of carbonyl (C=O) groups excluding carboxylic acids is 1. The van der Waals surface area contributed by atoms with Crippen molar-refractivity contribution in [1.82, 2.24) is 4.90 Å². The molecule has 1 aromatic carbocycles. The number of rotatable bonds is 2. The summed E-state index contributed by atoms with van der Waals surface area (Å²) in [7, 11) is 0. The Morgan fingerprint density at radius 2 is 1.88 bits per heavy atom. The van der Waals surface area contributed by atoms with Crippen molar-refractivity contribution in [3.05, 3.63) is 29.8 Å². The molecule has 1 aliphatic heterocycles. The first-order valence-corrected chi connectivity index (χ1v) is 6.32. The Labute approximate surface area is 102 Å². The maximum absolute atomic E-state index is 11.9. The second kappa shape index (κ2) is 5.71. The predicted molar refractivity (Wildman–Crippen MR) is 66.6 cm³/mol. The molecule has 0 bridgehead atoms. The molecule has 1 aliphatic rings. The first-order chi connectivity index (χ1) is 8.27. The monoisotopic (exact) mass is 233 g/mol. The summed E-state index contributed by atoms with van der Waals surface area (Å²) in [6.07, 6.45) is 5.07. The van der Waals surface area contributed by atoms with E-state index in [1.165, 1.54) is 6.42 Å². The fourth-order valence-electron chi connectivity index (χ4n) is 2.23. The molecule has 17 heavy (non-hydrogen) atoms. The summed E-state index contributed by atoms with van der Waals surface area (Å²) in [5.41, 5.74) is 0.835. The lowest BCUT2D eigenvalue weighted by Crippen LogP contribution is -2.32. The molecule has 1 saturated heterocycles. The van der Waals surface area contributed by atoms with Crippen molar-refractivity contribution in [3.63, 3.8) is 0 Å². The van der Waals surface area contributed by atoms with Crippen LogP contribution in [0.2, 0.25) is 0 Å². The van der Waals surface area contributed by atoms with E-state index in [0.29, 0.717) is 13.0 Å². The molecule has 3 heteroatoms. The zero-order valence-electron chi connectivity index (χ0n) is 10.1. The molecule has 0 aromatic heterocycles. The molecule has 1 heterocycles. The lowest BCUT2D eigenvalue weighted by atomic mass is 10.1. The van der Waals surface area contributed by atoms with Crippen molar-refractivity contribution in [3.8, 4) is 5.75 Å². The first kappa shape index (κ1) is 12.0. The van der Waals surface area contributed by atoms with Gasteiger partial charge >= 0.3 is 0 Å². The number of likely N-dealkylation sites (tertiary alicyclic amines) is 1. The van der Waals surface area contributed by atoms with Crippen LogP contribution < -0.4 is 0 Å². The Kier molecular flexibility index (Phi) is 4.02. The van der Waals surface area contributed by atoms with Crippen LogP contribution >= 0.6 is 0 Å². The number of carbonyl (C=O) groups is 1. The number of aromatic hydroxyl groups is 1. The van der Waals surface area contributed by atoms with E-state index in [-0.39, 0.29) is 11.7 Å². The van der Waals surface area contributed by atoms with Crippen LogP contribution in [-0.4, -0.2) is 22.5 Å². The summed E-state index contributed by atoms with van der Waals surface area (Å²) >= 11 is 0. The average molecular weight is 233 g/mol. The van der Waals surface area contributed by atoms with Crippen LogP contribution in [0.1, 0.15) is 37.7 Å². The fourth-order valence-corrected chi connectivity index (χ4v) is 2.23. The van der Waals surface area contributed by atoms with E-state index < -0.39 is 0 Å². The number of phenols is 1. The summed E-state index contributed by atoms with van der Waals surface area (Å²) < 4.78 is 0. The van der Waals surface area contributed by atoms with Crippen LogP contribution in [0.5, 0.6) is 5.75 Å². The van der Waals surface area contributed by atoms with Gasteiger partial charge in [0.2, 0.25) is 5.91 Å². The summed E-state index contributed by atoms with van der Waals surface area (Å²) in [6.45, 7) is 1.35. The van der Waals surface area contributed by atoms with Crippen molar-refractivity contribution in [2.24, 2.45) is 0 Å². The topological polar surface area (TPSA) is 40.5 Å². The van der Waals surface area contributed by atoms with Gasteiger partial charge in [-0.3, -0.25) is 4.79 Å². The van der Waals surface area contributed by atoms with Gasteiger partial charge < -0.3 is 10.0 Å². The standard InChI is InChI=1S/C14H19NO2/c16-13-8-5-4-7-12(13)11-15-10-6-2-1-3-9-14(15)17/h4-5,7-8,16H,1-3,6,9-11H2. The Morgan fingerprint density at radius 3 is 2.71 bits per heavy atom. The van der Waals surface area contributed by atoms with Gasteiger partial charge in [0.15, 0.2) is 0 Å². The van der Waals surface area contributed by atoms with Gasteiger partial charge in [0.25, 0.3) is 0 Å². The van der Waals surface area contributed by atoms with Crippen LogP contribution in [0, 0.1) is 0 Å². The maximum atomic E-state index is 11.9. The summed E-state index contributed by atoms with van der Waals surface area (Å²) in [6, 6.07) is 7.24. The van der Waals surface area contributed by atoms with Gasteiger partial charge in [-0.1, -0.05) is 31.0 Å². The zero-order valence-corrected chi connectivity index (χ0v) is 10.1. The van der Waals surface area contributed by atoms with Gasteiger partial charge in [0.1, 0.15) is 5.75 Å². The first-order valence-electron chi connectivity index (χ1n) is 6.32. The van der Waals surface area contributed by atoms with Gasteiger partial charge in [-0.05, 0) is 18.9 Å². The Morgan fingerprint density at radius 1 is 1.12 bits per heavy atom. The van der Waals surface area contributed by atoms with Crippen molar-refractivity contribution in [1.29, 1.82) is 0 Å². The number of para-hydroxylation sites is 1. The molecule has 0 spiro atoms. The van der Waals surface area contributed by atoms with Crippen molar-refractivity contribution in [2.45, 2.75) is 38.6 Å². The van der Waals surface area contributed by atoms with Gasteiger partial charge in [-0.2, -0.15) is 0 Å². The second-order valence-corrected chi connectivity index (χ2v) is 4.61. The molecule has 2 rings (SSSR count). The number of hydrogen-bond acceptors (Lipinski definition) is 2. The minimum atomic E-state index is 0.216. The number of amides is 1. The minimum Gasteiger partial charge on any atom is -0.508 e. The quantitative estimate of drug-likeness (QED) is 0.853. The Hall–Kier alpha value is -1.51. The molecular formula is C14H19NO2. The minimum absolute atomic E-state index is 0.216. The number of phenolic OH excluding ortho intramolecular Hbond substituents is 1. The van der Waals surface area contributed by atoms with Crippen LogP contribution in [0.15, 0.2) is 24.3 Å². The summed E-state index contributed by atoms with van der Waals surface area (Å²) in [4.78, 5) is 13.8. The predicted octanol–water partition coefficient (Wildman–Crippen LogP) is 2.68. The third kappa shape index (κ3) is 3.22. The van der Waals surface area contributed by atoms with Crippen molar-refractivity contribution in [2.75, 3.05) is 6.54 Å². The van der Waals surface area contributed by atoms with Gasteiger partial charge in [0, 0.05) is 25.1 Å². The maximum Gasteiger partial charge on any atom is 0.222 e. The van der Waals surface area contributed by atoms with E-state index in [4.69, 9.17) is 0 Å². The molecule has 0 unspecified atom stereocenters. The van der Waals surface area contributed by atoms with Crippen LogP contribution in [0.4, 0.5) is 0 Å². The fraction of sp³-hybridized carbons (Fsp3) is 0.500. The van der Waals surface area contributed by atoms with E-state index in [2.05, 4.69) is 0 Å². The molecule has 0 saturated carbocycles. The average Bonchev–Trinajstić information content (AvgIpc) is 2.31. The Bertz CT molecular complexity index is 390.